The molecule has 0 bridgehead atoms. The topological polar surface area (TPSA) is 41.4 Å². The molecule has 0 amide bonds. The van der Waals surface area contributed by atoms with Gasteiger partial charge in [0.05, 0.1) is 22.8 Å². The highest BCUT2D eigenvalue weighted by Gasteiger charge is 2.37. The molecule has 0 aliphatic heterocycles. The van der Waals surface area contributed by atoms with Crippen molar-refractivity contribution >= 4 is 21.7 Å². The van der Waals surface area contributed by atoms with Crippen LogP contribution < -0.4 is 0 Å². The number of carbonyl (C=O) groups is 1. The lowest BCUT2D eigenvalue weighted by molar-refractivity contribution is 0.0697. The number of rotatable bonds is 7. The van der Waals surface area contributed by atoms with Gasteiger partial charge in [0, 0.05) is 6.54 Å². The van der Waals surface area contributed by atoms with E-state index in [1.165, 1.54) is 0 Å². The van der Waals surface area contributed by atoms with Crippen LogP contribution in [0.15, 0.2) is 10.7 Å². The SMILES string of the molecule is CCC(C)(C(=O)c1c(Br)cnn1CCN(C)C)N(C)C. The maximum atomic E-state index is 12.9. The second-order valence-corrected chi connectivity index (χ2v) is 6.57. The fourth-order valence-corrected chi connectivity index (χ4v) is 2.46. The number of halogens is 1. The van der Waals surface area contributed by atoms with Crippen molar-refractivity contribution in [3.8, 4) is 0 Å². The summed E-state index contributed by atoms with van der Waals surface area (Å²) < 4.78 is 2.56. The number of Topliss-reactive ketones (excluding diaryl/α,β-unsaturated/α-hetero) is 1. The van der Waals surface area contributed by atoms with E-state index in [-0.39, 0.29) is 5.78 Å². The Bertz CT molecular complexity index is 470. The molecule has 1 unspecified atom stereocenters. The van der Waals surface area contributed by atoms with Gasteiger partial charge < -0.3 is 4.90 Å². The van der Waals surface area contributed by atoms with Crippen molar-refractivity contribution in [2.45, 2.75) is 32.4 Å². The van der Waals surface area contributed by atoms with E-state index >= 15 is 0 Å². The molecule has 20 heavy (non-hydrogen) atoms. The first kappa shape index (κ1) is 17.3. The predicted molar refractivity (Wildman–Crippen MR) is 85.2 cm³/mol. The van der Waals surface area contributed by atoms with Crippen LogP contribution in [0.1, 0.15) is 30.8 Å². The van der Waals surface area contributed by atoms with Crippen LogP contribution in [-0.4, -0.2) is 65.6 Å². The van der Waals surface area contributed by atoms with Gasteiger partial charge in [-0.15, -0.1) is 0 Å². The first-order valence-electron chi connectivity index (χ1n) is 6.82. The Labute approximate surface area is 130 Å². The Kier molecular flexibility index (Phi) is 5.91. The van der Waals surface area contributed by atoms with E-state index in [1.54, 1.807) is 10.9 Å². The number of hydrogen-bond donors (Lipinski definition) is 0. The predicted octanol–water partition coefficient (Wildman–Crippen LogP) is 2.12. The lowest BCUT2D eigenvalue weighted by atomic mass is 9.90. The zero-order valence-corrected chi connectivity index (χ0v) is 14.9. The number of ketones is 1. The van der Waals surface area contributed by atoms with Crippen molar-refractivity contribution in [1.29, 1.82) is 0 Å². The summed E-state index contributed by atoms with van der Waals surface area (Å²) in [4.78, 5) is 17.0. The summed E-state index contributed by atoms with van der Waals surface area (Å²) in [6.07, 6.45) is 2.46. The molecule has 0 aliphatic rings. The van der Waals surface area contributed by atoms with Gasteiger partial charge in [0.1, 0.15) is 5.69 Å². The van der Waals surface area contributed by atoms with Crippen molar-refractivity contribution in [2.75, 3.05) is 34.7 Å². The summed E-state index contributed by atoms with van der Waals surface area (Å²) >= 11 is 3.46. The van der Waals surface area contributed by atoms with Crippen molar-refractivity contribution < 1.29 is 4.79 Å². The van der Waals surface area contributed by atoms with E-state index in [1.807, 2.05) is 46.9 Å². The summed E-state index contributed by atoms with van der Waals surface area (Å²) in [6.45, 7) is 5.56. The number of aromatic nitrogens is 2. The molecule has 0 aliphatic carbocycles. The van der Waals surface area contributed by atoms with Crippen molar-refractivity contribution in [1.82, 2.24) is 19.6 Å². The summed E-state index contributed by atoms with van der Waals surface area (Å²) in [7, 11) is 7.90. The van der Waals surface area contributed by atoms with Crippen LogP contribution in [0.4, 0.5) is 0 Å². The minimum absolute atomic E-state index is 0.105. The average Bonchev–Trinajstić information content (AvgIpc) is 2.75. The maximum Gasteiger partial charge on any atom is 0.201 e. The molecule has 114 valence electrons. The molecule has 0 N–H and O–H groups in total. The first-order valence-corrected chi connectivity index (χ1v) is 7.61. The van der Waals surface area contributed by atoms with Gasteiger partial charge in [0.2, 0.25) is 5.78 Å². The van der Waals surface area contributed by atoms with Crippen LogP contribution in [0.25, 0.3) is 0 Å². The fraction of sp³-hybridized carbons (Fsp3) is 0.714. The van der Waals surface area contributed by atoms with Crippen molar-refractivity contribution in [2.24, 2.45) is 0 Å². The highest BCUT2D eigenvalue weighted by molar-refractivity contribution is 9.10. The smallest absolute Gasteiger partial charge is 0.201 e. The lowest BCUT2D eigenvalue weighted by Crippen LogP contribution is -2.48. The molecular formula is C14H25BrN4O. The molecule has 0 spiro atoms. The zero-order valence-electron chi connectivity index (χ0n) is 13.3. The Hall–Kier alpha value is -0.720. The molecule has 1 aromatic heterocycles. The molecule has 0 fully saturated rings. The van der Waals surface area contributed by atoms with Gasteiger partial charge in [0.25, 0.3) is 0 Å². The monoisotopic (exact) mass is 344 g/mol. The normalized spacial score (nSPS) is 14.8. The van der Waals surface area contributed by atoms with E-state index < -0.39 is 5.54 Å². The molecule has 1 aromatic rings. The van der Waals surface area contributed by atoms with Crippen LogP contribution in [-0.2, 0) is 6.54 Å². The Morgan fingerprint density at radius 2 is 2.00 bits per heavy atom. The maximum absolute atomic E-state index is 12.9. The van der Waals surface area contributed by atoms with Gasteiger partial charge in [-0.25, -0.2) is 0 Å². The molecule has 1 rings (SSSR count). The fourth-order valence-electron chi connectivity index (χ4n) is 1.99. The summed E-state index contributed by atoms with van der Waals surface area (Å²) in [5.41, 5.74) is 0.142. The molecule has 0 aromatic carbocycles. The molecule has 5 nitrogen and oxygen atoms in total. The Balaban J connectivity index is 3.12. The Morgan fingerprint density at radius 3 is 2.45 bits per heavy atom. The highest BCUT2D eigenvalue weighted by atomic mass is 79.9. The van der Waals surface area contributed by atoms with Crippen molar-refractivity contribution in [3.05, 3.63) is 16.4 Å². The van der Waals surface area contributed by atoms with E-state index in [0.717, 1.165) is 17.4 Å². The van der Waals surface area contributed by atoms with E-state index in [0.29, 0.717) is 12.2 Å². The largest absolute Gasteiger partial charge is 0.308 e. The summed E-state index contributed by atoms with van der Waals surface area (Å²) in [5.74, 6) is 0.105. The zero-order chi connectivity index (χ0) is 15.5. The molecule has 0 radical (unpaired) electrons. The van der Waals surface area contributed by atoms with E-state index in [2.05, 4.69) is 25.9 Å². The first-order chi connectivity index (χ1) is 9.24. The summed E-state index contributed by atoms with van der Waals surface area (Å²) in [5, 5.41) is 4.32. The number of hydrogen-bond acceptors (Lipinski definition) is 4. The average molecular weight is 345 g/mol. The number of nitrogens with zero attached hydrogens (tertiary/aromatic N) is 4. The van der Waals surface area contributed by atoms with Crippen LogP contribution in [0.5, 0.6) is 0 Å². The van der Waals surface area contributed by atoms with Gasteiger partial charge in [-0.3, -0.25) is 14.4 Å². The van der Waals surface area contributed by atoms with Gasteiger partial charge in [0.15, 0.2) is 0 Å². The minimum Gasteiger partial charge on any atom is -0.308 e. The molecule has 6 heteroatoms. The lowest BCUT2D eigenvalue weighted by Gasteiger charge is -2.34. The van der Waals surface area contributed by atoms with Gasteiger partial charge >= 0.3 is 0 Å². The third-order valence-corrected chi connectivity index (χ3v) is 4.51. The third kappa shape index (κ3) is 3.48. The number of carbonyl (C=O) groups excluding carboxylic acids is 1. The van der Waals surface area contributed by atoms with Crippen LogP contribution in [0.2, 0.25) is 0 Å². The standard InChI is InChI=1S/C14H25BrN4O/c1-7-14(2,18(5)6)13(20)12-11(15)10-16-19(12)9-8-17(3)4/h10H,7-9H2,1-6H3. The second-order valence-electron chi connectivity index (χ2n) is 5.72. The molecule has 0 saturated heterocycles. The molecule has 0 saturated carbocycles. The molecule has 1 heterocycles. The van der Waals surface area contributed by atoms with Crippen molar-refractivity contribution in [3.63, 3.8) is 0 Å². The van der Waals surface area contributed by atoms with Gasteiger partial charge in [-0.1, -0.05) is 6.92 Å². The molecule has 1 atom stereocenters. The minimum atomic E-state index is -0.515. The van der Waals surface area contributed by atoms with Crippen LogP contribution >= 0.6 is 15.9 Å². The number of likely N-dealkylation sites (N-methyl/N-ethyl adjacent to an activating group) is 2. The summed E-state index contributed by atoms with van der Waals surface area (Å²) in [6, 6.07) is 0. The van der Waals surface area contributed by atoms with E-state index in [4.69, 9.17) is 0 Å². The third-order valence-electron chi connectivity index (χ3n) is 3.93. The second kappa shape index (κ2) is 6.83. The van der Waals surface area contributed by atoms with Crippen LogP contribution in [0, 0.1) is 0 Å². The van der Waals surface area contributed by atoms with Crippen LogP contribution in [0.3, 0.4) is 0 Å². The van der Waals surface area contributed by atoms with E-state index in [9.17, 15) is 4.79 Å². The Morgan fingerprint density at radius 1 is 1.40 bits per heavy atom. The van der Waals surface area contributed by atoms with Gasteiger partial charge in [-0.05, 0) is 57.5 Å². The van der Waals surface area contributed by atoms with Gasteiger partial charge in [-0.2, -0.15) is 5.10 Å². The quantitative estimate of drug-likeness (QED) is 0.710. The highest BCUT2D eigenvalue weighted by Crippen LogP contribution is 2.26. The molecular weight excluding hydrogens is 320 g/mol.